The molecule has 1 aromatic carbocycles. The Morgan fingerprint density at radius 3 is 2.83 bits per heavy atom. The Balaban J connectivity index is 2.01. The van der Waals surface area contributed by atoms with Crippen LogP contribution in [-0.2, 0) is 13.0 Å². The van der Waals surface area contributed by atoms with Gasteiger partial charge in [-0.1, -0.05) is 19.4 Å². The van der Waals surface area contributed by atoms with Gasteiger partial charge in [-0.15, -0.1) is 11.3 Å². The fourth-order valence-corrected chi connectivity index (χ4v) is 4.03. The van der Waals surface area contributed by atoms with E-state index in [0.717, 1.165) is 23.2 Å². The molecule has 2 heterocycles. The van der Waals surface area contributed by atoms with Gasteiger partial charge < -0.3 is 4.74 Å². The summed E-state index contributed by atoms with van der Waals surface area (Å²) in [7, 11) is 1.42. The van der Waals surface area contributed by atoms with Crippen molar-refractivity contribution in [3.63, 3.8) is 0 Å². The number of aromatic nitrogens is 2. The molecule has 0 saturated heterocycles. The lowest BCUT2D eigenvalue weighted by molar-refractivity contribution is 0.386. The fourth-order valence-electron chi connectivity index (χ4n) is 2.79. The summed E-state index contributed by atoms with van der Waals surface area (Å²) < 4.78 is 20.3. The van der Waals surface area contributed by atoms with Gasteiger partial charge >= 0.3 is 0 Å². The normalized spacial score (nSPS) is 11.2. The number of halogens is 1. The van der Waals surface area contributed by atoms with Gasteiger partial charge in [-0.2, -0.15) is 0 Å². The van der Waals surface area contributed by atoms with Crippen molar-refractivity contribution in [3.05, 3.63) is 56.7 Å². The minimum atomic E-state index is -0.436. The van der Waals surface area contributed by atoms with Crippen molar-refractivity contribution in [2.45, 2.75) is 33.2 Å². The Morgan fingerprint density at radius 1 is 1.38 bits per heavy atom. The van der Waals surface area contributed by atoms with Crippen LogP contribution in [0.2, 0.25) is 0 Å². The largest absolute Gasteiger partial charge is 0.494 e. The summed E-state index contributed by atoms with van der Waals surface area (Å²) >= 11 is 1.58. The fraction of sp³-hybridized carbons (Fsp3) is 0.333. The maximum Gasteiger partial charge on any atom is 0.262 e. The van der Waals surface area contributed by atoms with Crippen LogP contribution in [-0.4, -0.2) is 16.7 Å². The lowest BCUT2D eigenvalue weighted by Gasteiger charge is -2.08. The summed E-state index contributed by atoms with van der Waals surface area (Å²) in [4.78, 5) is 19.2. The van der Waals surface area contributed by atoms with Crippen LogP contribution in [0.4, 0.5) is 4.39 Å². The zero-order valence-corrected chi connectivity index (χ0v) is 14.7. The Morgan fingerprint density at radius 2 is 2.17 bits per heavy atom. The Hall–Kier alpha value is -2.21. The highest BCUT2D eigenvalue weighted by molar-refractivity contribution is 7.18. The van der Waals surface area contributed by atoms with E-state index < -0.39 is 5.82 Å². The van der Waals surface area contributed by atoms with Crippen molar-refractivity contribution >= 4 is 21.6 Å². The van der Waals surface area contributed by atoms with Crippen LogP contribution in [0.3, 0.4) is 0 Å². The summed E-state index contributed by atoms with van der Waals surface area (Å²) in [5.74, 6) is -0.244. The Labute approximate surface area is 143 Å². The molecule has 0 amide bonds. The number of hydrogen-bond donors (Lipinski definition) is 0. The van der Waals surface area contributed by atoms with Crippen molar-refractivity contribution < 1.29 is 9.13 Å². The molecule has 0 aliphatic rings. The number of methoxy groups -OCH3 is 1. The monoisotopic (exact) mass is 346 g/mol. The number of fused-ring (bicyclic) bond motifs is 1. The number of ether oxygens (including phenoxy) is 1. The molecule has 0 aliphatic carbocycles. The van der Waals surface area contributed by atoms with Crippen molar-refractivity contribution in [1.82, 2.24) is 9.55 Å². The predicted molar refractivity (Wildman–Crippen MR) is 94.7 cm³/mol. The highest BCUT2D eigenvalue weighted by Gasteiger charge is 2.14. The first-order chi connectivity index (χ1) is 11.5. The average Bonchev–Trinajstić information content (AvgIpc) is 2.88. The van der Waals surface area contributed by atoms with E-state index in [9.17, 15) is 9.18 Å². The summed E-state index contributed by atoms with van der Waals surface area (Å²) in [6.07, 6.45) is 3.53. The lowest BCUT2D eigenvalue weighted by Crippen LogP contribution is -2.21. The predicted octanol–water partition coefficient (Wildman–Crippen LogP) is 3.91. The smallest absolute Gasteiger partial charge is 0.262 e. The van der Waals surface area contributed by atoms with E-state index in [4.69, 9.17) is 4.74 Å². The zero-order chi connectivity index (χ0) is 17.3. The first-order valence-corrected chi connectivity index (χ1v) is 8.66. The molecule has 2 aromatic heterocycles. The third-order valence-electron chi connectivity index (χ3n) is 4.06. The van der Waals surface area contributed by atoms with E-state index in [0.29, 0.717) is 10.9 Å². The Kier molecular flexibility index (Phi) is 4.66. The molecule has 0 bridgehead atoms. The number of benzene rings is 1. The van der Waals surface area contributed by atoms with Gasteiger partial charge in [0.2, 0.25) is 0 Å². The van der Waals surface area contributed by atoms with Crippen molar-refractivity contribution in [2.75, 3.05) is 7.11 Å². The van der Waals surface area contributed by atoms with Gasteiger partial charge in [0.1, 0.15) is 4.83 Å². The molecule has 126 valence electrons. The maximum atomic E-state index is 13.8. The second-order valence-corrected chi connectivity index (χ2v) is 6.81. The molecule has 0 aliphatic heterocycles. The van der Waals surface area contributed by atoms with Crippen LogP contribution in [0.25, 0.3) is 10.2 Å². The minimum absolute atomic E-state index is 0.0765. The highest BCUT2D eigenvalue weighted by Crippen LogP contribution is 2.28. The molecular weight excluding hydrogens is 327 g/mol. The SMILES string of the molecule is CCCc1sc2ncn(Cc3ccc(OC)c(F)c3)c(=O)c2c1C. The van der Waals surface area contributed by atoms with E-state index in [1.165, 1.54) is 22.6 Å². The van der Waals surface area contributed by atoms with Crippen LogP contribution in [0.5, 0.6) is 5.75 Å². The first-order valence-electron chi connectivity index (χ1n) is 7.85. The zero-order valence-electron chi connectivity index (χ0n) is 13.9. The van der Waals surface area contributed by atoms with E-state index in [1.54, 1.807) is 29.8 Å². The van der Waals surface area contributed by atoms with Crippen LogP contribution in [0, 0.1) is 12.7 Å². The van der Waals surface area contributed by atoms with Gasteiger partial charge in [-0.25, -0.2) is 9.37 Å². The van der Waals surface area contributed by atoms with E-state index in [-0.39, 0.29) is 17.9 Å². The van der Waals surface area contributed by atoms with Gasteiger partial charge in [0, 0.05) is 4.88 Å². The minimum Gasteiger partial charge on any atom is -0.494 e. The molecule has 6 heteroatoms. The maximum absolute atomic E-state index is 13.8. The standard InChI is InChI=1S/C18H19FN2O2S/c1-4-5-15-11(2)16-17(24-15)20-10-21(18(16)22)9-12-6-7-14(23-3)13(19)8-12/h6-8,10H,4-5,9H2,1-3H3. The third kappa shape index (κ3) is 2.94. The van der Waals surface area contributed by atoms with Crippen molar-refractivity contribution in [1.29, 1.82) is 0 Å². The van der Waals surface area contributed by atoms with Gasteiger partial charge in [-0.3, -0.25) is 9.36 Å². The van der Waals surface area contributed by atoms with E-state index in [2.05, 4.69) is 11.9 Å². The second kappa shape index (κ2) is 6.73. The number of rotatable bonds is 5. The number of aryl methyl sites for hydroxylation is 2. The molecule has 4 nitrogen and oxygen atoms in total. The van der Waals surface area contributed by atoms with Crippen LogP contribution in [0.1, 0.15) is 29.3 Å². The van der Waals surface area contributed by atoms with Crippen LogP contribution >= 0.6 is 11.3 Å². The third-order valence-corrected chi connectivity index (χ3v) is 5.32. The van der Waals surface area contributed by atoms with Crippen LogP contribution in [0.15, 0.2) is 29.3 Å². The van der Waals surface area contributed by atoms with Crippen LogP contribution < -0.4 is 10.3 Å². The van der Waals surface area contributed by atoms with E-state index in [1.807, 2.05) is 6.92 Å². The summed E-state index contributed by atoms with van der Waals surface area (Å²) in [5.41, 5.74) is 1.63. The number of nitrogens with zero attached hydrogens (tertiary/aromatic N) is 2. The average molecular weight is 346 g/mol. The van der Waals surface area contributed by atoms with Crippen molar-refractivity contribution in [3.8, 4) is 5.75 Å². The van der Waals surface area contributed by atoms with Crippen molar-refractivity contribution in [2.24, 2.45) is 0 Å². The van der Waals surface area contributed by atoms with Gasteiger partial charge in [0.15, 0.2) is 11.6 Å². The molecule has 24 heavy (non-hydrogen) atoms. The number of hydrogen-bond acceptors (Lipinski definition) is 4. The second-order valence-electron chi connectivity index (χ2n) is 5.73. The quantitative estimate of drug-likeness (QED) is 0.703. The molecule has 0 radical (unpaired) electrons. The topological polar surface area (TPSA) is 44.1 Å². The van der Waals surface area contributed by atoms with Gasteiger partial charge in [-0.05, 0) is 36.6 Å². The van der Waals surface area contributed by atoms with Gasteiger partial charge in [0.25, 0.3) is 5.56 Å². The Bertz CT molecular complexity index is 946. The number of thiophene rings is 1. The molecule has 0 atom stereocenters. The lowest BCUT2D eigenvalue weighted by atomic mass is 10.1. The molecule has 0 fully saturated rings. The molecule has 0 saturated carbocycles. The molecule has 0 N–H and O–H groups in total. The molecular formula is C18H19FN2O2S. The molecule has 0 unspecified atom stereocenters. The summed E-state index contributed by atoms with van der Waals surface area (Å²) in [6, 6.07) is 4.71. The molecule has 3 rings (SSSR count). The first kappa shape index (κ1) is 16.6. The van der Waals surface area contributed by atoms with Gasteiger partial charge in [0.05, 0.1) is 25.4 Å². The molecule has 3 aromatic rings. The van der Waals surface area contributed by atoms with E-state index >= 15 is 0 Å². The summed E-state index contributed by atoms with van der Waals surface area (Å²) in [6.45, 7) is 4.37. The molecule has 0 spiro atoms. The highest BCUT2D eigenvalue weighted by atomic mass is 32.1. The summed E-state index contributed by atoms with van der Waals surface area (Å²) in [5, 5.41) is 0.680.